The monoisotopic (exact) mass is 260 g/mol. The predicted octanol–water partition coefficient (Wildman–Crippen LogP) is 0.398. The van der Waals surface area contributed by atoms with Crippen LogP contribution >= 0.6 is 0 Å². The number of ether oxygens (including phenoxy) is 1. The summed E-state index contributed by atoms with van der Waals surface area (Å²) in [5.74, 6) is -1.37. The first kappa shape index (κ1) is 16.2. The summed E-state index contributed by atoms with van der Waals surface area (Å²) in [5.41, 5.74) is 0. The van der Waals surface area contributed by atoms with Crippen LogP contribution in [0.2, 0.25) is 0 Å². The molecule has 7 heteroatoms. The molecule has 0 atom stereocenters. The topological polar surface area (TPSA) is 87.2 Å². The quantitative estimate of drug-likeness (QED) is 0.669. The number of nitrogens with zero attached hydrogens (tertiary/aromatic N) is 2. The zero-order chi connectivity index (χ0) is 14.1. The zero-order valence-electron chi connectivity index (χ0n) is 11.0. The van der Waals surface area contributed by atoms with Crippen LogP contribution < -0.4 is 0 Å². The lowest BCUT2D eigenvalue weighted by Crippen LogP contribution is -2.43. The number of rotatable bonds is 7. The molecule has 0 rings (SSSR count). The summed E-state index contributed by atoms with van der Waals surface area (Å²) >= 11 is 0. The number of hydrogen-bond donors (Lipinski definition) is 1. The number of amides is 2. The molecule has 0 radical (unpaired) electrons. The number of carbonyl (C=O) groups is 3. The summed E-state index contributed by atoms with van der Waals surface area (Å²) in [5, 5.41) is 8.65. The van der Waals surface area contributed by atoms with Crippen molar-refractivity contribution in [2.45, 2.75) is 19.8 Å². The van der Waals surface area contributed by atoms with Crippen LogP contribution in [-0.2, 0) is 14.3 Å². The third-order valence-electron chi connectivity index (χ3n) is 2.41. The summed E-state index contributed by atoms with van der Waals surface area (Å²) in [6, 6.07) is -0.357. The van der Waals surface area contributed by atoms with Crippen LogP contribution in [0, 0.1) is 0 Å². The number of esters is 1. The van der Waals surface area contributed by atoms with E-state index in [1.165, 1.54) is 16.9 Å². The van der Waals surface area contributed by atoms with E-state index in [4.69, 9.17) is 5.11 Å². The molecule has 0 heterocycles. The number of methoxy groups -OCH3 is 1. The Morgan fingerprint density at radius 1 is 1.28 bits per heavy atom. The highest BCUT2D eigenvalue weighted by Crippen LogP contribution is 2.00. The minimum Gasteiger partial charge on any atom is -0.480 e. The van der Waals surface area contributed by atoms with Crippen molar-refractivity contribution < 1.29 is 24.2 Å². The Morgan fingerprint density at radius 3 is 2.33 bits per heavy atom. The average Bonchev–Trinajstić information content (AvgIpc) is 2.34. The molecule has 0 unspecified atom stereocenters. The lowest BCUT2D eigenvalue weighted by atomic mass is 10.3. The van der Waals surface area contributed by atoms with Gasteiger partial charge in [-0.15, -0.1) is 0 Å². The maximum Gasteiger partial charge on any atom is 0.323 e. The van der Waals surface area contributed by atoms with Gasteiger partial charge < -0.3 is 19.6 Å². The van der Waals surface area contributed by atoms with E-state index >= 15 is 0 Å². The number of carbonyl (C=O) groups excluding carboxylic acids is 2. The van der Waals surface area contributed by atoms with Crippen LogP contribution in [0.15, 0.2) is 0 Å². The highest BCUT2D eigenvalue weighted by molar-refractivity contribution is 5.80. The van der Waals surface area contributed by atoms with Crippen molar-refractivity contribution in [3.05, 3.63) is 0 Å². The number of carboxylic acid groups (broad SMARTS) is 1. The average molecular weight is 260 g/mol. The Morgan fingerprint density at radius 2 is 1.89 bits per heavy atom. The Kier molecular flexibility index (Phi) is 7.50. The van der Waals surface area contributed by atoms with E-state index in [1.807, 2.05) is 0 Å². The Balaban J connectivity index is 4.14. The van der Waals surface area contributed by atoms with Gasteiger partial charge in [0.15, 0.2) is 0 Å². The van der Waals surface area contributed by atoms with E-state index in [1.54, 1.807) is 14.0 Å². The molecule has 0 saturated carbocycles. The first-order valence-electron chi connectivity index (χ1n) is 5.71. The lowest BCUT2D eigenvalue weighted by Gasteiger charge is -2.25. The van der Waals surface area contributed by atoms with Crippen LogP contribution in [0.4, 0.5) is 4.79 Å². The van der Waals surface area contributed by atoms with Gasteiger partial charge in [-0.1, -0.05) is 0 Å². The summed E-state index contributed by atoms with van der Waals surface area (Å²) in [6.45, 7) is 2.09. The first-order chi connectivity index (χ1) is 8.42. The van der Waals surface area contributed by atoms with Crippen molar-refractivity contribution in [3.8, 4) is 0 Å². The maximum absolute atomic E-state index is 11.8. The van der Waals surface area contributed by atoms with Crippen molar-refractivity contribution in [2.75, 3.05) is 33.8 Å². The van der Waals surface area contributed by atoms with Crippen LogP contribution in [0.1, 0.15) is 19.8 Å². The fourth-order valence-corrected chi connectivity index (χ4v) is 1.38. The molecule has 18 heavy (non-hydrogen) atoms. The van der Waals surface area contributed by atoms with Gasteiger partial charge in [-0.25, -0.2) is 4.79 Å². The highest BCUT2D eigenvalue weighted by Gasteiger charge is 2.18. The highest BCUT2D eigenvalue weighted by atomic mass is 16.5. The van der Waals surface area contributed by atoms with Gasteiger partial charge in [0.05, 0.1) is 7.11 Å². The predicted molar refractivity (Wildman–Crippen MR) is 64.2 cm³/mol. The van der Waals surface area contributed by atoms with Crippen LogP contribution in [0.3, 0.4) is 0 Å². The molecule has 104 valence electrons. The van der Waals surface area contributed by atoms with Gasteiger partial charge in [-0.05, 0) is 13.3 Å². The molecular formula is C11H20N2O5. The molecular weight excluding hydrogens is 240 g/mol. The number of carboxylic acids is 1. The molecule has 0 aliphatic carbocycles. The molecule has 7 nitrogen and oxygen atoms in total. The summed E-state index contributed by atoms with van der Waals surface area (Å²) in [7, 11) is 2.88. The van der Waals surface area contributed by atoms with E-state index in [2.05, 4.69) is 4.74 Å². The number of urea groups is 1. The van der Waals surface area contributed by atoms with Gasteiger partial charge >= 0.3 is 18.0 Å². The summed E-state index contributed by atoms with van der Waals surface area (Å²) < 4.78 is 4.48. The smallest absolute Gasteiger partial charge is 0.323 e. The number of aliphatic carboxylic acids is 1. The normalized spacial score (nSPS) is 9.72. The van der Waals surface area contributed by atoms with Gasteiger partial charge in [0.25, 0.3) is 0 Å². The molecule has 0 aromatic carbocycles. The van der Waals surface area contributed by atoms with Crippen LogP contribution in [0.25, 0.3) is 0 Å². The van der Waals surface area contributed by atoms with Crippen molar-refractivity contribution in [3.63, 3.8) is 0 Å². The van der Waals surface area contributed by atoms with E-state index in [0.29, 0.717) is 19.5 Å². The fourth-order valence-electron chi connectivity index (χ4n) is 1.38. The molecule has 1 N–H and O–H groups in total. The Bertz CT molecular complexity index is 306. The SMILES string of the molecule is CCN(CC(=O)O)C(=O)N(C)CCCC(=O)OC. The molecule has 0 aromatic heterocycles. The number of hydrogen-bond acceptors (Lipinski definition) is 4. The molecule has 0 spiro atoms. The molecule has 0 aliphatic heterocycles. The molecule has 0 bridgehead atoms. The van der Waals surface area contributed by atoms with Gasteiger partial charge in [0.2, 0.25) is 0 Å². The second kappa shape index (κ2) is 8.32. The molecule has 0 aromatic rings. The zero-order valence-corrected chi connectivity index (χ0v) is 11.0. The second-order valence-corrected chi connectivity index (χ2v) is 3.79. The third kappa shape index (κ3) is 6.07. The van der Waals surface area contributed by atoms with Crippen molar-refractivity contribution in [1.82, 2.24) is 9.80 Å². The molecule has 0 saturated heterocycles. The van der Waals surface area contributed by atoms with Gasteiger partial charge in [-0.2, -0.15) is 0 Å². The van der Waals surface area contributed by atoms with Crippen molar-refractivity contribution in [1.29, 1.82) is 0 Å². The maximum atomic E-state index is 11.8. The Labute approximate surface area is 106 Å². The minimum atomic E-state index is -1.05. The lowest BCUT2D eigenvalue weighted by molar-refractivity contribution is -0.140. The van der Waals surface area contributed by atoms with E-state index < -0.39 is 5.97 Å². The standard InChI is InChI=1S/C11H20N2O5/c1-4-13(8-9(14)15)11(17)12(2)7-5-6-10(16)18-3/h4-8H2,1-3H3,(H,14,15). The van der Waals surface area contributed by atoms with E-state index in [9.17, 15) is 14.4 Å². The number of likely N-dealkylation sites (N-methyl/N-ethyl adjacent to an activating group) is 1. The van der Waals surface area contributed by atoms with Crippen molar-refractivity contribution >= 4 is 18.0 Å². The van der Waals surface area contributed by atoms with E-state index in [-0.39, 0.29) is 25.0 Å². The van der Waals surface area contributed by atoms with Crippen LogP contribution in [0.5, 0.6) is 0 Å². The van der Waals surface area contributed by atoms with Gasteiger partial charge in [-0.3, -0.25) is 9.59 Å². The van der Waals surface area contributed by atoms with Crippen LogP contribution in [-0.4, -0.2) is 66.7 Å². The molecule has 0 fully saturated rings. The minimum absolute atomic E-state index is 0.235. The fraction of sp³-hybridized carbons (Fsp3) is 0.727. The molecule has 0 aliphatic rings. The van der Waals surface area contributed by atoms with Gasteiger partial charge in [0.1, 0.15) is 6.54 Å². The largest absolute Gasteiger partial charge is 0.480 e. The second-order valence-electron chi connectivity index (χ2n) is 3.79. The van der Waals surface area contributed by atoms with Crippen molar-refractivity contribution in [2.24, 2.45) is 0 Å². The Hall–Kier alpha value is -1.79. The van der Waals surface area contributed by atoms with Gasteiger partial charge in [0, 0.05) is 26.6 Å². The summed E-state index contributed by atoms with van der Waals surface area (Å²) in [4.78, 5) is 35.9. The molecule has 2 amide bonds. The first-order valence-corrected chi connectivity index (χ1v) is 5.71. The van der Waals surface area contributed by atoms with E-state index in [0.717, 1.165) is 0 Å². The third-order valence-corrected chi connectivity index (χ3v) is 2.41. The summed E-state index contributed by atoms with van der Waals surface area (Å²) in [6.07, 6.45) is 0.721.